The molecular formula is C18H17Cl2NO6S. The van der Waals surface area contributed by atoms with Crippen molar-refractivity contribution in [3.05, 3.63) is 43.7 Å². The second kappa shape index (κ2) is 9.27. The van der Waals surface area contributed by atoms with Crippen LogP contribution in [0.1, 0.15) is 42.9 Å². The molecule has 0 saturated heterocycles. The molecule has 1 amide bonds. The highest BCUT2D eigenvalue weighted by Gasteiger charge is 2.27. The van der Waals surface area contributed by atoms with Crippen molar-refractivity contribution in [3.63, 3.8) is 0 Å². The van der Waals surface area contributed by atoms with Gasteiger partial charge in [0.2, 0.25) is 0 Å². The molecule has 0 atom stereocenters. The van der Waals surface area contributed by atoms with Crippen LogP contribution in [-0.4, -0.2) is 38.7 Å². The molecule has 1 heterocycles. The van der Waals surface area contributed by atoms with Crippen LogP contribution in [0.5, 0.6) is 5.75 Å². The lowest BCUT2D eigenvalue weighted by Gasteiger charge is -2.10. The number of hydrogen-bond acceptors (Lipinski definition) is 7. The van der Waals surface area contributed by atoms with Crippen molar-refractivity contribution in [2.45, 2.75) is 13.8 Å². The summed E-state index contributed by atoms with van der Waals surface area (Å²) in [7, 11) is 2.63. The molecule has 0 spiro atoms. The maximum Gasteiger partial charge on any atom is 0.348 e. The number of anilines is 1. The summed E-state index contributed by atoms with van der Waals surface area (Å²) in [4.78, 5) is 37.2. The molecule has 0 aliphatic rings. The third-order valence-electron chi connectivity index (χ3n) is 3.69. The maximum absolute atomic E-state index is 12.7. The number of thiophene rings is 1. The van der Waals surface area contributed by atoms with Gasteiger partial charge in [-0.25, -0.2) is 9.59 Å². The first-order chi connectivity index (χ1) is 13.2. The van der Waals surface area contributed by atoms with Crippen molar-refractivity contribution < 1.29 is 28.6 Å². The summed E-state index contributed by atoms with van der Waals surface area (Å²) < 4.78 is 14.8. The molecule has 150 valence electrons. The van der Waals surface area contributed by atoms with Gasteiger partial charge in [-0.3, -0.25) is 4.79 Å². The summed E-state index contributed by atoms with van der Waals surface area (Å²) in [6.45, 7) is 3.37. The Morgan fingerprint density at radius 3 is 2.21 bits per heavy atom. The smallest absolute Gasteiger partial charge is 0.348 e. The summed E-state index contributed by atoms with van der Waals surface area (Å²) in [5.74, 6) is -1.61. The Bertz CT molecular complexity index is 917. The van der Waals surface area contributed by atoms with E-state index < -0.39 is 17.8 Å². The monoisotopic (exact) mass is 445 g/mol. The van der Waals surface area contributed by atoms with Gasteiger partial charge in [-0.1, -0.05) is 23.2 Å². The van der Waals surface area contributed by atoms with Gasteiger partial charge in [0, 0.05) is 5.56 Å². The third-order valence-corrected chi connectivity index (χ3v) is 5.44. The molecule has 0 radical (unpaired) electrons. The fourth-order valence-corrected chi connectivity index (χ4v) is 4.15. The van der Waals surface area contributed by atoms with Gasteiger partial charge in [0.25, 0.3) is 5.91 Å². The largest absolute Gasteiger partial charge is 0.494 e. The van der Waals surface area contributed by atoms with E-state index in [1.807, 2.05) is 0 Å². The Morgan fingerprint density at radius 1 is 1.11 bits per heavy atom. The fourth-order valence-electron chi connectivity index (χ4n) is 2.40. The molecule has 1 aromatic carbocycles. The van der Waals surface area contributed by atoms with Gasteiger partial charge in [0.1, 0.15) is 9.88 Å². The summed E-state index contributed by atoms with van der Waals surface area (Å²) in [6.07, 6.45) is 0. The van der Waals surface area contributed by atoms with Crippen molar-refractivity contribution >= 4 is 57.4 Å². The van der Waals surface area contributed by atoms with Gasteiger partial charge in [0.15, 0.2) is 5.75 Å². The number of carbonyl (C=O) groups is 3. The van der Waals surface area contributed by atoms with E-state index in [1.165, 1.54) is 26.4 Å². The zero-order chi connectivity index (χ0) is 21.0. The molecule has 0 unspecified atom stereocenters. The minimum Gasteiger partial charge on any atom is -0.494 e. The highest BCUT2D eigenvalue weighted by molar-refractivity contribution is 7.18. The topological polar surface area (TPSA) is 90.9 Å². The summed E-state index contributed by atoms with van der Waals surface area (Å²) in [6, 6.07) is 2.76. The number of esters is 2. The van der Waals surface area contributed by atoms with E-state index in [1.54, 1.807) is 13.8 Å². The standard InChI is InChI=1S/C18H17Cl2NO6S/c1-5-27-17(23)12-8(2)14(18(24)26-4)28-16(12)21-15(22)9-6-10(19)13(25-3)11(20)7-9/h6-7H,5H2,1-4H3,(H,21,22). The SMILES string of the molecule is CCOC(=O)c1c(NC(=O)c2cc(Cl)c(OC)c(Cl)c2)sc(C(=O)OC)c1C. The Balaban J connectivity index is 2.46. The molecule has 0 aliphatic heterocycles. The average molecular weight is 446 g/mol. The van der Waals surface area contributed by atoms with Crippen molar-refractivity contribution in [2.75, 3.05) is 26.1 Å². The minimum absolute atomic E-state index is 0.0892. The minimum atomic E-state index is -0.660. The third kappa shape index (κ3) is 4.40. The summed E-state index contributed by atoms with van der Waals surface area (Å²) in [5.41, 5.74) is 0.596. The number of rotatable bonds is 6. The van der Waals surface area contributed by atoms with Crippen LogP contribution in [0.15, 0.2) is 12.1 Å². The number of halogens is 2. The lowest BCUT2D eigenvalue weighted by molar-refractivity contribution is 0.0527. The van der Waals surface area contributed by atoms with E-state index in [9.17, 15) is 14.4 Å². The number of ether oxygens (including phenoxy) is 3. The van der Waals surface area contributed by atoms with Crippen LogP contribution in [0, 0.1) is 6.92 Å². The van der Waals surface area contributed by atoms with Crippen molar-refractivity contribution in [1.82, 2.24) is 0 Å². The number of carbonyl (C=O) groups excluding carboxylic acids is 3. The fraction of sp³-hybridized carbons (Fsp3) is 0.278. The zero-order valence-electron chi connectivity index (χ0n) is 15.5. The number of nitrogens with one attached hydrogen (secondary N) is 1. The Morgan fingerprint density at radius 2 is 1.71 bits per heavy atom. The van der Waals surface area contributed by atoms with E-state index in [-0.39, 0.29) is 43.4 Å². The first-order valence-electron chi connectivity index (χ1n) is 7.98. The van der Waals surface area contributed by atoms with Gasteiger partial charge in [-0.15, -0.1) is 11.3 Å². The normalized spacial score (nSPS) is 10.4. The van der Waals surface area contributed by atoms with Crippen molar-refractivity contribution in [3.8, 4) is 5.75 Å². The van der Waals surface area contributed by atoms with E-state index in [4.69, 9.17) is 37.4 Å². The number of hydrogen-bond donors (Lipinski definition) is 1. The highest BCUT2D eigenvalue weighted by Crippen LogP contribution is 2.36. The van der Waals surface area contributed by atoms with E-state index >= 15 is 0 Å². The Kier molecular flexibility index (Phi) is 7.29. The lowest BCUT2D eigenvalue weighted by Crippen LogP contribution is -2.15. The molecular weight excluding hydrogens is 429 g/mol. The van der Waals surface area contributed by atoms with Gasteiger partial charge in [0.05, 0.1) is 36.4 Å². The first kappa shape index (κ1) is 22.0. The van der Waals surface area contributed by atoms with Crippen LogP contribution in [0.4, 0.5) is 5.00 Å². The summed E-state index contributed by atoms with van der Waals surface area (Å²) in [5, 5.41) is 3.08. The van der Waals surface area contributed by atoms with Crippen LogP contribution in [0.3, 0.4) is 0 Å². The molecule has 10 heteroatoms. The second-order valence-corrected chi connectivity index (χ2v) is 7.23. The molecule has 2 rings (SSSR count). The van der Waals surface area contributed by atoms with Crippen molar-refractivity contribution in [1.29, 1.82) is 0 Å². The molecule has 0 saturated carbocycles. The van der Waals surface area contributed by atoms with Crippen molar-refractivity contribution in [2.24, 2.45) is 0 Å². The maximum atomic E-state index is 12.7. The second-order valence-electron chi connectivity index (χ2n) is 5.40. The van der Waals surface area contributed by atoms with Crippen LogP contribution < -0.4 is 10.1 Å². The molecule has 1 N–H and O–H groups in total. The van der Waals surface area contributed by atoms with Gasteiger partial charge in [-0.2, -0.15) is 0 Å². The van der Waals surface area contributed by atoms with Gasteiger partial charge >= 0.3 is 11.9 Å². The van der Waals surface area contributed by atoms with Gasteiger partial charge in [-0.05, 0) is 31.5 Å². The molecule has 0 aliphatic carbocycles. The highest BCUT2D eigenvalue weighted by atomic mass is 35.5. The number of methoxy groups -OCH3 is 2. The Labute approximate surface area is 175 Å². The molecule has 0 fully saturated rings. The van der Waals surface area contributed by atoms with Crippen LogP contribution in [0.2, 0.25) is 10.0 Å². The Hall–Kier alpha value is -2.29. The predicted octanol–water partition coefficient (Wildman–Crippen LogP) is 4.59. The van der Waals surface area contributed by atoms with Crippen LogP contribution >= 0.6 is 34.5 Å². The predicted molar refractivity (Wildman–Crippen MR) is 107 cm³/mol. The lowest BCUT2D eigenvalue weighted by atomic mass is 10.1. The van der Waals surface area contributed by atoms with E-state index in [0.717, 1.165) is 11.3 Å². The van der Waals surface area contributed by atoms with Crippen LogP contribution in [0.25, 0.3) is 0 Å². The van der Waals surface area contributed by atoms with Gasteiger partial charge < -0.3 is 19.5 Å². The average Bonchev–Trinajstić information content (AvgIpc) is 2.96. The number of amides is 1. The first-order valence-corrected chi connectivity index (χ1v) is 9.55. The quantitative estimate of drug-likeness (QED) is 0.653. The molecule has 0 bridgehead atoms. The van der Waals surface area contributed by atoms with E-state index in [2.05, 4.69) is 5.32 Å². The summed E-state index contributed by atoms with van der Waals surface area (Å²) >= 11 is 13.1. The molecule has 7 nitrogen and oxygen atoms in total. The molecule has 1 aromatic heterocycles. The molecule has 2 aromatic rings. The van der Waals surface area contributed by atoms with E-state index in [0.29, 0.717) is 5.56 Å². The zero-order valence-corrected chi connectivity index (χ0v) is 17.8. The van der Waals surface area contributed by atoms with Crippen LogP contribution in [-0.2, 0) is 9.47 Å². The number of benzene rings is 1. The molecule has 28 heavy (non-hydrogen) atoms.